The summed E-state index contributed by atoms with van der Waals surface area (Å²) in [6.07, 6.45) is 1.60. The average molecular weight is 265 g/mol. The SMILES string of the molecule is CCC(CC(N)=S)Oc1cccc(C(C)(C)C)c1. The first-order valence-corrected chi connectivity index (χ1v) is 6.79. The number of ether oxygens (including phenoxy) is 1. The van der Waals surface area contributed by atoms with E-state index in [1.165, 1.54) is 5.56 Å². The summed E-state index contributed by atoms with van der Waals surface area (Å²) in [6.45, 7) is 8.66. The molecule has 0 aliphatic rings. The Morgan fingerprint density at radius 1 is 1.39 bits per heavy atom. The van der Waals surface area contributed by atoms with Crippen LogP contribution in [0.2, 0.25) is 0 Å². The number of thiocarbonyl (C=S) groups is 1. The van der Waals surface area contributed by atoms with Crippen molar-refractivity contribution >= 4 is 17.2 Å². The Labute approximate surface area is 116 Å². The third kappa shape index (κ3) is 4.65. The first-order chi connectivity index (χ1) is 8.32. The van der Waals surface area contributed by atoms with Gasteiger partial charge in [-0.2, -0.15) is 0 Å². The van der Waals surface area contributed by atoms with Crippen LogP contribution < -0.4 is 10.5 Å². The summed E-state index contributed by atoms with van der Waals surface area (Å²) in [5.74, 6) is 0.894. The Bertz CT molecular complexity index is 409. The lowest BCUT2D eigenvalue weighted by molar-refractivity contribution is 0.205. The molecule has 1 rings (SSSR count). The molecule has 0 fully saturated rings. The van der Waals surface area contributed by atoms with Gasteiger partial charge in [0.05, 0.1) is 4.99 Å². The first kappa shape index (κ1) is 15.0. The van der Waals surface area contributed by atoms with Crippen LogP contribution in [0.4, 0.5) is 0 Å². The molecule has 1 unspecified atom stereocenters. The molecule has 0 spiro atoms. The Kier molecular flexibility index (Phi) is 5.15. The molecule has 2 nitrogen and oxygen atoms in total. The summed E-state index contributed by atoms with van der Waals surface area (Å²) >= 11 is 4.94. The fourth-order valence-corrected chi connectivity index (χ4v) is 1.91. The van der Waals surface area contributed by atoms with Gasteiger partial charge in [-0.05, 0) is 29.5 Å². The quantitative estimate of drug-likeness (QED) is 0.822. The summed E-state index contributed by atoms with van der Waals surface area (Å²) in [5, 5.41) is 0. The van der Waals surface area contributed by atoms with Crippen molar-refractivity contribution in [1.29, 1.82) is 0 Å². The highest BCUT2D eigenvalue weighted by Crippen LogP contribution is 2.26. The molecular formula is C15H23NOS. The Hall–Kier alpha value is -1.09. The molecule has 0 saturated heterocycles. The van der Waals surface area contributed by atoms with E-state index in [0.29, 0.717) is 11.4 Å². The Morgan fingerprint density at radius 2 is 2.06 bits per heavy atom. The monoisotopic (exact) mass is 265 g/mol. The van der Waals surface area contributed by atoms with Gasteiger partial charge >= 0.3 is 0 Å². The molecule has 0 aliphatic heterocycles. The summed E-state index contributed by atoms with van der Waals surface area (Å²) < 4.78 is 5.94. The van der Waals surface area contributed by atoms with Crippen LogP contribution in [0.1, 0.15) is 46.1 Å². The van der Waals surface area contributed by atoms with E-state index < -0.39 is 0 Å². The topological polar surface area (TPSA) is 35.2 Å². The van der Waals surface area contributed by atoms with E-state index in [-0.39, 0.29) is 11.5 Å². The van der Waals surface area contributed by atoms with Gasteiger partial charge in [0, 0.05) is 6.42 Å². The molecule has 100 valence electrons. The van der Waals surface area contributed by atoms with E-state index in [1.54, 1.807) is 0 Å². The van der Waals surface area contributed by atoms with Gasteiger partial charge in [-0.25, -0.2) is 0 Å². The molecule has 0 aliphatic carbocycles. The number of hydrogen-bond acceptors (Lipinski definition) is 2. The zero-order valence-corrected chi connectivity index (χ0v) is 12.5. The van der Waals surface area contributed by atoms with Crippen LogP contribution in [0.5, 0.6) is 5.75 Å². The van der Waals surface area contributed by atoms with Crippen molar-refractivity contribution in [2.75, 3.05) is 0 Å². The highest BCUT2D eigenvalue weighted by atomic mass is 32.1. The minimum absolute atomic E-state index is 0.0673. The van der Waals surface area contributed by atoms with Crippen LogP contribution in [-0.4, -0.2) is 11.1 Å². The van der Waals surface area contributed by atoms with Crippen LogP contribution in [0, 0.1) is 0 Å². The van der Waals surface area contributed by atoms with E-state index in [2.05, 4.69) is 39.8 Å². The number of nitrogens with two attached hydrogens (primary N) is 1. The highest BCUT2D eigenvalue weighted by molar-refractivity contribution is 7.80. The third-order valence-electron chi connectivity index (χ3n) is 2.89. The predicted molar refractivity (Wildman–Crippen MR) is 81.3 cm³/mol. The van der Waals surface area contributed by atoms with Gasteiger partial charge in [-0.15, -0.1) is 0 Å². The van der Waals surface area contributed by atoms with Gasteiger partial charge < -0.3 is 10.5 Å². The van der Waals surface area contributed by atoms with Crippen molar-refractivity contribution in [3.8, 4) is 5.75 Å². The molecule has 1 aromatic carbocycles. The van der Waals surface area contributed by atoms with E-state index in [9.17, 15) is 0 Å². The van der Waals surface area contributed by atoms with Crippen molar-refractivity contribution in [2.45, 2.75) is 52.1 Å². The van der Waals surface area contributed by atoms with Gasteiger partial charge in [0.2, 0.25) is 0 Å². The van der Waals surface area contributed by atoms with E-state index in [1.807, 2.05) is 12.1 Å². The Balaban J connectivity index is 2.81. The average Bonchev–Trinajstić information content (AvgIpc) is 2.26. The number of rotatable bonds is 5. The van der Waals surface area contributed by atoms with Crippen LogP contribution in [0.3, 0.4) is 0 Å². The molecule has 0 amide bonds. The maximum absolute atomic E-state index is 5.94. The van der Waals surface area contributed by atoms with Gasteiger partial charge in [0.15, 0.2) is 0 Å². The van der Waals surface area contributed by atoms with E-state index in [4.69, 9.17) is 22.7 Å². The molecule has 1 aromatic rings. The van der Waals surface area contributed by atoms with Crippen LogP contribution in [0.25, 0.3) is 0 Å². The minimum Gasteiger partial charge on any atom is -0.490 e. The Morgan fingerprint density at radius 3 is 2.56 bits per heavy atom. The predicted octanol–water partition coefficient (Wildman–Crippen LogP) is 3.82. The van der Waals surface area contributed by atoms with Crippen molar-refractivity contribution < 1.29 is 4.74 Å². The molecule has 0 heterocycles. The van der Waals surface area contributed by atoms with Crippen LogP contribution in [-0.2, 0) is 5.41 Å². The zero-order chi connectivity index (χ0) is 13.8. The number of hydrogen-bond donors (Lipinski definition) is 1. The molecule has 0 radical (unpaired) electrons. The largest absolute Gasteiger partial charge is 0.490 e. The lowest BCUT2D eigenvalue weighted by Crippen LogP contribution is -2.23. The molecule has 3 heteroatoms. The summed E-state index contributed by atoms with van der Waals surface area (Å²) in [5.41, 5.74) is 6.97. The fraction of sp³-hybridized carbons (Fsp3) is 0.533. The van der Waals surface area contributed by atoms with E-state index >= 15 is 0 Å². The van der Waals surface area contributed by atoms with Crippen LogP contribution >= 0.6 is 12.2 Å². The molecule has 0 bridgehead atoms. The lowest BCUT2D eigenvalue weighted by Gasteiger charge is -2.22. The van der Waals surface area contributed by atoms with Crippen molar-refractivity contribution in [2.24, 2.45) is 5.73 Å². The zero-order valence-electron chi connectivity index (χ0n) is 11.7. The van der Waals surface area contributed by atoms with Gasteiger partial charge in [0.25, 0.3) is 0 Å². The molecular weight excluding hydrogens is 242 g/mol. The molecule has 0 aromatic heterocycles. The number of benzene rings is 1. The molecule has 1 atom stereocenters. The van der Waals surface area contributed by atoms with Gasteiger partial charge in [0.1, 0.15) is 11.9 Å². The first-order valence-electron chi connectivity index (χ1n) is 6.38. The fourth-order valence-electron chi connectivity index (χ4n) is 1.72. The van der Waals surface area contributed by atoms with Gasteiger partial charge in [-0.3, -0.25) is 0 Å². The lowest BCUT2D eigenvalue weighted by atomic mass is 9.87. The summed E-state index contributed by atoms with van der Waals surface area (Å²) in [6, 6.07) is 8.24. The normalized spacial score (nSPS) is 13.1. The summed E-state index contributed by atoms with van der Waals surface area (Å²) in [7, 11) is 0. The minimum atomic E-state index is 0.0673. The highest BCUT2D eigenvalue weighted by Gasteiger charge is 2.15. The maximum Gasteiger partial charge on any atom is 0.120 e. The molecule has 0 saturated carbocycles. The molecule has 18 heavy (non-hydrogen) atoms. The second-order valence-corrected chi connectivity index (χ2v) is 6.12. The maximum atomic E-state index is 5.94. The van der Waals surface area contributed by atoms with Crippen LogP contribution in [0.15, 0.2) is 24.3 Å². The van der Waals surface area contributed by atoms with Crippen molar-refractivity contribution in [3.63, 3.8) is 0 Å². The smallest absolute Gasteiger partial charge is 0.120 e. The second kappa shape index (κ2) is 6.19. The van der Waals surface area contributed by atoms with Crippen molar-refractivity contribution in [1.82, 2.24) is 0 Å². The van der Waals surface area contributed by atoms with Gasteiger partial charge in [-0.1, -0.05) is 52.0 Å². The summed E-state index contributed by atoms with van der Waals surface area (Å²) in [4.78, 5) is 0.508. The molecule has 2 N–H and O–H groups in total. The van der Waals surface area contributed by atoms with Crippen molar-refractivity contribution in [3.05, 3.63) is 29.8 Å². The van der Waals surface area contributed by atoms with E-state index in [0.717, 1.165) is 12.2 Å². The third-order valence-corrected chi connectivity index (χ3v) is 3.05. The second-order valence-electron chi connectivity index (χ2n) is 5.60. The standard InChI is InChI=1S/C15H23NOS/c1-5-12(10-14(16)18)17-13-8-6-7-11(9-13)15(2,3)4/h6-9,12H,5,10H2,1-4H3,(H2,16,18).